The smallest absolute Gasteiger partial charge is 0.253 e. The molecule has 6 heteroatoms. The summed E-state index contributed by atoms with van der Waals surface area (Å²) >= 11 is 7.45. The van der Waals surface area contributed by atoms with E-state index in [0.717, 1.165) is 12.8 Å². The predicted octanol–water partition coefficient (Wildman–Crippen LogP) is 3.44. The molecule has 1 saturated heterocycles. The number of likely N-dealkylation sites (tertiary alicyclic amines) is 1. The van der Waals surface area contributed by atoms with E-state index in [1.807, 2.05) is 21.7 Å². The molecule has 1 fully saturated rings. The molecule has 0 atom stereocenters. The Hall–Kier alpha value is -1.85. The lowest BCUT2D eigenvalue weighted by Gasteiger charge is -2.32. The van der Waals surface area contributed by atoms with Crippen LogP contribution in [0, 0.1) is 0 Å². The van der Waals surface area contributed by atoms with Gasteiger partial charge >= 0.3 is 0 Å². The number of rotatable bonds is 3. The van der Waals surface area contributed by atoms with Gasteiger partial charge in [0.05, 0.1) is 0 Å². The molecule has 0 aliphatic carbocycles. The van der Waals surface area contributed by atoms with E-state index in [9.17, 15) is 9.59 Å². The van der Waals surface area contributed by atoms with Crippen molar-refractivity contribution in [3.8, 4) is 0 Å². The average molecular weight is 349 g/mol. The Morgan fingerprint density at radius 2 is 1.96 bits per heavy atom. The zero-order chi connectivity index (χ0) is 16.2. The summed E-state index contributed by atoms with van der Waals surface area (Å²) < 4.78 is 0. The molecule has 0 saturated carbocycles. The van der Waals surface area contributed by atoms with Gasteiger partial charge in [0.25, 0.3) is 11.8 Å². The normalized spacial score (nSPS) is 15.4. The molecule has 4 nitrogen and oxygen atoms in total. The summed E-state index contributed by atoms with van der Waals surface area (Å²) in [7, 11) is 0. The second kappa shape index (κ2) is 7.15. The van der Waals surface area contributed by atoms with Crippen molar-refractivity contribution in [1.82, 2.24) is 10.2 Å². The van der Waals surface area contributed by atoms with Crippen LogP contribution < -0.4 is 5.32 Å². The lowest BCUT2D eigenvalue weighted by molar-refractivity contribution is 0.0698. The minimum absolute atomic E-state index is 0.00453. The minimum Gasteiger partial charge on any atom is -0.349 e. The first kappa shape index (κ1) is 16.0. The molecule has 2 aromatic rings. The number of benzene rings is 1. The monoisotopic (exact) mass is 348 g/mol. The molecule has 2 amide bonds. The van der Waals surface area contributed by atoms with Crippen LogP contribution in [0.3, 0.4) is 0 Å². The summed E-state index contributed by atoms with van der Waals surface area (Å²) in [6, 6.07) is 8.93. The Bertz CT molecular complexity index is 694. The van der Waals surface area contributed by atoms with Crippen molar-refractivity contribution in [2.75, 3.05) is 13.1 Å². The van der Waals surface area contributed by atoms with E-state index >= 15 is 0 Å². The molecular weight excluding hydrogens is 332 g/mol. The van der Waals surface area contributed by atoms with E-state index in [-0.39, 0.29) is 17.9 Å². The van der Waals surface area contributed by atoms with Crippen molar-refractivity contribution in [2.45, 2.75) is 18.9 Å². The number of carbonyl (C=O) groups excluding carboxylic acids is 2. The zero-order valence-electron chi connectivity index (χ0n) is 12.5. The lowest BCUT2D eigenvalue weighted by atomic mass is 10.0. The van der Waals surface area contributed by atoms with Crippen molar-refractivity contribution in [1.29, 1.82) is 0 Å². The van der Waals surface area contributed by atoms with Crippen LogP contribution in [0.4, 0.5) is 0 Å². The maximum absolute atomic E-state index is 12.4. The third-order valence-electron chi connectivity index (χ3n) is 3.97. The average Bonchev–Trinajstić information content (AvgIpc) is 3.09. The highest BCUT2D eigenvalue weighted by molar-refractivity contribution is 7.08. The molecule has 1 N–H and O–H groups in total. The maximum Gasteiger partial charge on any atom is 0.253 e. The van der Waals surface area contributed by atoms with Gasteiger partial charge in [0.2, 0.25) is 0 Å². The summed E-state index contributed by atoms with van der Waals surface area (Å²) in [5.41, 5.74) is 1.31. The van der Waals surface area contributed by atoms with Gasteiger partial charge in [-0.25, -0.2) is 0 Å². The van der Waals surface area contributed by atoms with E-state index < -0.39 is 0 Å². The fourth-order valence-corrected chi connectivity index (χ4v) is 3.52. The highest BCUT2D eigenvalue weighted by Gasteiger charge is 2.25. The second-order valence-corrected chi connectivity index (χ2v) is 6.78. The quantitative estimate of drug-likeness (QED) is 0.923. The first-order chi connectivity index (χ1) is 11.1. The number of piperidine rings is 1. The Balaban J connectivity index is 1.54. The van der Waals surface area contributed by atoms with Crippen LogP contribution >= 0.6 is 22.9 Å². The zero-order valence-corrected chi connectivity index (χ0v) is 14.1. The molecule has 0 spiro atoms. The SMILES string of the molecule is O=C(NC1CCN(C(=O)c2cccc(Cl)c2)CC1)c1ccsc1. The number of halogens is 1. The Morgan fingerprint density at radius 3 is 2.61 bits per heavy atom. The summed E-state index contributed by atoms with van der Waals surface area (Å²) in [4.78, 5) is 26.3. The van der Waals surface area contributed by atoms with E-state index in [1.165, 1.54) is 11.3 Å². The minimum atomic E-state index is -0.0362. The predicted molar refractivity (Wildman–Crippen MR) is 92.2 cm³/mol. The van der Waals surface area contributed by atoms with Crippen molar-refractivity contribution in [3.63, 3.8) is 0 Å². The molecule has 3 rings (SSSR count). The maximum atomic E-state index is 12.4. The number of hydrogen-bond donors (Lipinski definition) is 1. The van der Waals surface area contributed by atoms with Gasteiger partial charge in [-0.1, -0.05) is 17.7 Å². The van der Waals surface area contributed by atoms with Crippen molar-refractivity contribution < 1.29 is 9.59 Å². The molecular formula is C17H17ClN2O2S. The fraction of sp³-hybridized carbons (Fsp3) is 0.294. The van der Waals surface area contributed by atoms with Crippen molar-refractivity contribution >= 4 is 34.8 Å². The third kappa shape index (κ3) is 3.92. The van der Waals surface area contributed by atoms with Gasteiger partial charge in [0, 0.05) is 40.7 Å². The highest BCUT2D eigenvalue weighted by atomic mass is 35.5. The van der Waals surface area contributed by atoms with Gasteiger partial charge in [-0.2, -0.15) is 11.3 Å². The Labute approximate surface area is 144 Å². The van der Waals surface area contributed by atoms with Gasteiger partial charge in [-0.05, 0) is 42.5 Å². The van der Waals surface area contributed by atoms with E-state index in [2.05, 4.69) is 5.32 Å². The van der Waals surface area contributed by atoms with Crippen LogP contribution in [-0.4, -0.2) is 35.8 Å². The standard InChI is InChI=1S/C17H17ClN2O2S/c18-14-3-1-2-12(10-14)17(22)20-7-4-15(5-8-20)19-16(21)13-6-9-23-11-13/h1-3,6,9-11,15H,4-5,7-8H2,(H,19,21). The van der Waals surface area contributed by atoms with Crippen LogP contribution in [0.5, 0.6) is 0 Å². The van der Waals surface area contributed by atoms with E-state index in [0.29, 0.717) is 29.2 Å². The molecule has 0 bridgehead atoms. The number of carbonyl (C=O) groups is 2. The molecule has 0 unspecified atom stereocenters. The topological polar surface area (TPSA) is 49.4 Å². The lowest BCUT2D eigenvalue weighted by Crippen LogP contribution is -2.46. The molecule has 1 aliphatic rings. The van der Waals surface area contributed by atoms with Gasteiger partial charge in [-0.15, -0.1) is 0 Å². The second-order valence-electron chi connectivity index (χ2n) is 5.56. The van der Waals surface area contributed by atoms with Crippen LogP contribution in [0.1, 0.15) is 33.6 Å². The highest BCUT2D eigenvalue weighted by Crippen LogP contribution is 2.17. The molecule has 1 aliphatic heterocycles. The first-order valence-electron chi connectivity index (χ1n) is 7.51. The summed E-state index contributed by atoms with van der Waals surface area (Å²) in [5, 5.41) is 7.33. The summed E-state index contributed by atoms with van der Waals surface area (Å²) in [6.07, 6.45) is 1.53. The van der Waals surface area contributed by atoms with Crippen molar-refractivity contribution in [2.24, 2.45) is 0 Å². The number of thiophene rings is 1. The first-order valence-corrected chi connectivity index (χ1v) is 8.83. The number of amides is 2. The molecule has 0 radical (unpaired) electrons. The summed E-state index contributed by atoms with van der Waals surface area (Å²) in [5.74, 6) is -0.0408. The van der Waals surface area contributed by atoms with E-state index in [1.54, 1.807) is 24.3 Å². The van der Waals surface area contributed by atoms with Gasteiger partial charge in [-0.3, -0.25) is 9.59 Å². The largest absolute Gasteiger partial charge is 0.349 e. The summed E-state index contributed by atoms with van der Waals surface area (Å²) in [6.45, 7) is 1.28. The van der Waals surface area contributed by atoms with E-state index in [4.69, 9.17) is 11.6 Å². The molecule has 2 heterocycles. The Morgan fingerprint density at radius 1 is 1.17 bits per heavy atom. The van der Waals surface area contributed by atoms with Gasteiger partial charge in [0.15, 0.2) is 0 Å². The van der Waals surface area contributed by atoms with Crippen LogP contribution in [0.2, 0.25) is 5.02 Å². The van der Waals surface area contributed by atoms with Crippen LogP contribution in [-0.2, 0) is 0 Å². The number of nitrogens with one attached hydrogen (secondary N) is 1. The van der Waals surface area contributed by atoms with Gasteiger partial charge < -0.3 is 10.2 Å². The van der Waals surface area contributed by atoms with Crippen molar-refractivity contribution in [3.05, 3.63) is 57.2 Å². The molecule has 120 valence electrons. The fourth-order valence-electron chi connectivity index (χ4n) is 2.69. The Kier molecular flexibility index (Phi) is 4.98. The number of nitrogens with zero attached hydrogens (tertiary/aromatic N) is 1. The van der Waals surface area contributed by atoms with Crippen LogP contribution in [0.15, 0.2) is 41.1 Å². The molecule has 1 aromatic heterocycles. The molecule has 1 aromatic carbocycles. The van der Waals surface area contributed by atoms with Gasteiger partial charge in [0.1, 0.15) is 0 Å². The third-order valence-corrected chi connectivity index (χ3v) is 4.89. The molecule has 23 heavy (non-hydrogen) atoms. The number of hydrogen-bond acceptors (Lipinski definition) is 3. The van der Waals surface area contributed by atoms with Crippen LogP contribution in [0.25, 0.3) is 0 Å².